The highest BCUT2D eigenvalue weighted by molar-refractivity contribution is 7.89. The van der Waals surface area contributed by atoms with Crippen LogP contribution in [-0.4, -0.2) is 45.5 Å². The molecule has 120 valence electrons. The second-order valence-electron chi connectivity index (χ2n) is 4.41. The van der Waals surface area contributed by atoms with Crippen LogP contribution in [-0.2, 0) is 19.6 Å². The Kier molecular flexibility index (Phi) is 6.40. The van der Waals surface area contributed by atoms with E-state index >= 15 is 0 Å². The Balaban J connectivity index is 2.93. The zero-order valence-corrected chi connectivity index (χ0v) is 13.8. The third kappa shape index (κ3) is 4.23. The molecule has 1 rings (SSSR count). The van der Waals surface area contributed by atoms with Gasteiger partial charge in [0, 0.05) is 7.05 Å². The summed E-state index contributed by atoms with van der Waals surface area (Å²) in [5, 5.41) is 0. The standard InChI is InChI=1S/C15H19NO5S/c1-5-6-11-21-13-7-9-14(10-8-13)22(18,19)16(3)12(2)15(17)20-4/h7-10,12H,11H2,1-4H3/t12-/m1/s1. The van der Waals surface area contributed by atoms with Gasteiger partial charge in [-0.15, -0.1) is 5.92 Å². The molecule has 0 aliphatic heterocycles. The molecule has 0 aromatic heterocycles. The zero-order valence-electron chi connectivity index (χ0n) is 13.0. The van der Waals surface area contributed by atoms with Crippen LogP contribution in [0.5, 0.6) is 5.75 Å². The lowest BCUT2D eigenvalue weighted by molar-refractivity contribution is -0.144. The average Bonchev–Trinajstić information content (AvgIpc) is 2.53. The Hall–Kier alpha value is -2.04. The number of ether oxygens (including phenoxy) is 2. The molecule has 0 spiro atoms. The van der Waals surface area contributed by atoms with Crippen molar-refractivity contribution in [1.29, 1.82) is 0 Å². The maximum absolute atomic E-state index is 12.4. The Morgan fingerprint density at radius 2 is 1.91 bits per heavy atom. The molecule has 0 amide bonds. The van der Waals surface area contributed by atoms with Crippen molar-refractivity contribution in [1.82, 2.24) is 4.31 Å². The van der Waals surface area contributed by atoms with Crippen molar-refractivity contribution >= 4 is 16.0 Å². The van der Waals surface area contributed by atoms with Gasteiger partial charge >= 0.3 is 5.97 Å². The monoisotopic (exact) mass is 325 g/mol. The molecule has 1 aromatic rings. The first kappa shape index (κ1) is 18.0. The number of rotatable bonds is 6. The molecule has 6 nitrogen and oxygen atoms in total. The number of likely N-dealkylation sites (N-methyl/N-ethyl adjacent to an activating group) is 1. The van der Waals surface area contributed by atoms with Crippen molar-refractivity contribution in [3.05, 3.63) is 24.3 Å². The summed E-state index contributed by atoms with van der Waals surface area (Å²) in [6.07, 6.45) is 0. The maximum atomic E-state index is 12.4. The highest BCUT2D eigenvalue weighted by Gasteiger charge is 2.30. The van der Waals surface area contributed by atoms with Crippen molar-refractivity contribution in [2.75, 3.05) is 20.8 Å². The number of carbonyl (C=O) groups excluding carboxylic acids is 1. The van der Waals surface area contributed by atoms with Crippen molar-refractivity contribution in [2.24, 2.45) is 0 Å². The Bertz CT molecular complexity index is 670. The minimum atomic E-state index is -3.79. The van der Waals surface area contributed by atoms with Gasteiger partial charge in [0.15, 0.2) is 0 Å². The number of sulfonamides is 1. The van der Waals surface area contributed by atoms with E-state index in [4.69, 9.17) is 4.74 Å². The lowest BCUT2D eigenvalue weighted by Crippen LogP contribution is -2.40. The zero-order chi connectivity index (χ0) is 16.8. The summed E-state index contributed by atoms with van der Waals surface area (Å²) < 4.78 is 35.7. The predicted molar refractivity (Wildman–Crippen MR) is 81.8 cm³/mol. The number of hydrogen-bond donors (Lipinski definition) is 0. The molecule has 0 radical (unpaired) electrons. The molecule has 0 N–H and O–H groups in total. The number of methoxy groups -OCH3 is 1. The van der Waals surface area contributed by atoms with Gasteiger partial charge in [-0.1, -0.05) is 5.92 Å². The van der Waals surface area contributed by atoms with E-state index in [2.05, 4.69) is 16.6 Å². The van der Waals surface area contributed by atoms with Crippen LogP contribution in [0.25, 0.3) is 0 Å². The fraction of sp³-hybridized carbons (Fsp3) is 0.400. The van der Waals surface area contributed by atoms with E-state index < -0.39 is 22.0 Å². The van der Waals surface area contributed by atoms with Gasteiger partial charge < -0.3 is 9.47 Å². The van der Waals surface area contributed by atoms with Crippen LogP contribution in [0.4, 0.5) is 0 Å². The van der Waals surface area contributed by atoms with Crippen LogP contribution in [0.1, 0.15) is 13.8 Å². The average molecular weight is 325 g/mol. The van der Waals surface area contributed by atoms with Crippen LogP contribution >= 0.6 is 0 Å². The molecular formula is C15H19NO5S. The molecule has 1 atom stereocenters. The molecular weight excluding hydrogens is 306 g/mol. The number of esters is 1. The van der Waals surface area contributed by atoms with Gasteiger partial charge in [-0.3, -0.25) is 4.79 Å². The van der Waals surface area contributed by atoms with Gasteiger partial charge in [0.1, 0.15) is 18.4 Å². The third-order valence-electron chi connectivity index (χ3n) is 3.08. The normalized spacial score (nSPS) is 12.2. The van der Waals surface area contributed by atoms with Crippen molar-refractivity contribution in [3.63, 3.8) is 0 Å². The van der Waals surface area contributed by atoms with E-state index in [9.17, 15) is 13.2 Å². The second-order valence-corrected chi connectivity index (χ2v) is 6.40. The number of nitrogens with zero attached hydrogens (tertiary/aromatic N) is 1. The molecule has 7 heteroatoms. The Morgan fingerprint density at radius 3 is 2.41 bits per heavy atom. The maximum Gasteiger partial charge on any atom is 0.323 e. The van der Waals surface area contributed by atoms with Gasteiger partial charge in [0.25, 0.3) is 0 Å². The fourth-order valence-corrected chi connectivity index (χ4v) is 2.91. The topological polar surface area (TPSA) is 72.9 Å². The summed E-state index contributed by atoms with van der Waals surface area (Å²) in [5.41, 5.74) is 0. The van der Waals surface area contributed by atoms with Crippen LogP contribution in [0, 0.1) is 11.8 Å². The van der Waals surface area contributed by atoms with E-state index in [-0.39, 0.29) is 11.5 Å². The first-order valence-corrected chi connectivity index (χ1v) is 7.97. The predicted octanol–water partition coefficient (Wildman–Crippen LogP) is 1.27. The van der Waals surface area contributed by atoms with E-state index in [1.807, 2.05) is 0 Å². The quantitative estimate of drug-likeness (QED) is 0.582. The largest absolute Gasteiger partial charge is 0.481 e. The van der Waals surface area contributed by atoms with Gasteiger partial charge in [-0.25, -0.2) is 8.42 Å². The van der Waals surface area contributed by atoms with E-state index in [1.54, 1.807) is 19.1 Å². The van der Waals surface area contributed by atoms with Gasteiger partial charge in [-0.05, 0) is 38.1 Å². The van der Waals surface area contributed by atoms with Crippen LogP contribution in [0.3, 0.4) is 0 Å². The first-order valence-electron chi connectivity index (χ1n) is 6.53. The smallest absolute Gasteiger partial charge is 0.323 e. The minimum Gasteiger partial charge on any atom is -0.481 e. The molecule has 0 aliphatic carbocycles. The Morgan fingerprint density at radius 1 is 1.32 bits per heavy atom. The highest BCUT2D eigenvalue weighted by atomic mass is 32.2. The molecule has 0 saturated heterocycles. The van der Waals surface area contributed by atoms with E-state index in [1.165, 1.54) is 33.2 Å². The van der Waals surface area contributed by atoms with Crippen LogP contribution in [0.15, 0.2) is 29.2 Å². The van der Waals surface area contributed by atoms with Crippen LogP contribution < -0.4 is 4.74 Å². The molecule has 0 bridgehead atoms. The summed E-state index contributed by atoms with van der Waals surface area (Å²) in [5.74, 6) is 5.34. The first-order chi connectivity index (χ1) is 10.3. The summed E-state index contributed by atoms with van der Waals surface area (Å²) in [6, 6.07) is 5.02. The third-order valence-corrected chi connectivity index (χ3v) is 5.02. The minimum absolute atomic E-state index is 0.0691. The fourth-order valence-electron chi connectivity index (χ4n) is 1.59. The molecule has 0 unspecified atom stereocenters. The van der Waals surface area contributed by atoms with Crippen molar-refractivity contribution in [2.45, 2.75) is 24.8 Å². The number of benzene rings is 1. The molecule has 0 saturated carbocycles. The SMILES string of the molecule is CC#CCOc1ccc(S(=O)(=O)N(C)[C@H](C)C(=O)OC)cc1. The molecule has 1 aromatic carbocycles. The lowest BCUT2D eigenvalue weighted by atomic mass is 10.3. The van der Waals surface area contributed by atoms with E-state index in [0.29, 0.717) is 5.75 Å². The number of hydrogen-bond acceptors (Lipinski definition) is 5. The molecule has 22 heavy (non-hydrogen) atoms. The number of carbonyl (C=O) groups is 1. The lowest BCUT2D eigenvalue weighted by Gasteiger charge is -2.22. The van der Waals surface area contributed by atoms with Gasteiger partial charge in [-0.2, -0.15) is 4.31 Å². The van der Waals surface area contributed by atoms with Gasteiger partial charge in [0.2, 0.25) is 10.0 Å². The summed E-state index contributed by atoms with van der Waals surface area (Å²) in [7, 11) is -1.24. The summed E-state index contributed by atoms with van der Waals surface area (Å²) in [4.78, 5) is 11.5. The van der Waals surface area contributed by atoms with Gasteiger partial charge in [0.05, 0.1) is 12.0 Å². The second kappa shape index (κ2) is 7.82. The van der Waals surface area contributed by atoms with Crippen molar-refractivity contribution < 1.29 is 22.7 Å². The van der Waals surface area contributed by atoms with Crippen LogP contribution in [0.2, 0.25) is 0 Å². The summed E-state index contributed by atoms with van der Waals surface area (Å²) in [6.45, 7) is 3.41. The molecule has 0 heterocycles. The highest BCUT2D eigenvalue weighted by Crippen LogP contribution is 2.20. The summed E-state index contributed by atoms with van der Waals surface area (Å²) >= 11 is 0. The Labute approximate surface area is 131 Å². The van der Waals surface area contributed by atoms with E-state index in [0.717, 1.165) is 4.31 Å². The molecule has 0 aliphatic rings. The van der Waals surface area contributed by atoms with Crippen molar-refractivity contribution in [3.8, 4) is 17.6 Å². The molecule has 0 fully saturated rings.